The molecule has 7 heteroatoms. The Morgan fingerprint density at radius 3 is 2.66 bits per heavy atom. The van der Waals surface area contributed by atoms with Crippen molar-refractivity contribution in [3.63, 3.8) is 0 Å². The molecule has 4 nitrogen and oxygen atoms in total. The maximum atomic E-state index is 13.2. The van der Waals surface area contributed by atoms with Crippen LogP contribution in [0, 0.1) is 13.8 Å². The summed E-state index contributed by atoms with van der Waals surface area (Å²) < 4.78 is 8.27. The Labute approximate surface area is 198 Å². The molecule has 0 bridgehead atoms. The van der Waals surface area contributed by atoms with Crippen molar-refractivity contribution in [3.05, 3.63) is 102 Å². The van der Waals surface area contributed by atoms with Gasteiger partial charge in [-0.1, -0.05) is 52.7 Å². The molecule has 0 amide bonds. The summed E-state index contributed by atoms with van der Waals surface area (Å²) in [7, 11) is 0. The molecular formula is C25H18Cl2N2O2S. The standard InChI is InChI=1S/C25H18Cl2N2O2S/c1-14-9-20-21(10-15(14)2)29-24(30)23(32-25(29)28-20)12-17-11-18(26)7-8-22(17)31-13-16-5-3-4-6-19(16)27/h3-12H,13H2,1-2H3/b23-12-. The van der Waals surface area contributed by atoms with Gasteiger partial charge in [-0.25, -0.2) is 9.38 Å². The first-order chi connectivity index (χ1) is 15.4. The number of fused-ring (bicyclic) bond motifs is 3. The molecule has 0 radical (unpaired) electrons. The zero-order valence-corrected chi connectivity index (χ0v) is 19.7. The Bertz CT molecular complexity index is 1600. The van der Waals surface area contributed by atoms with E-state index in [1.165, 1.54) is 11.3 Å². The summed E-state index contributed by atoms with van der Waals surface area (Å²) >= 11 is 13.8. The zero-order valence-electron chi connectivity index (χ0n) is 17.4. The molecule has 32 heavy (non-hydrogen) atoms. The van der Waals surface area contributed by atoms with Gasteiger partial charge in [-0.15, -0.1) is 0 Å². The van der Waals surface area contributed by atoms with Crippen molar-refractivity contribution >= 4 is 56.6 Å². The fraction of sp³-hybridized carbons (Fsp3) is 0.120. The summed E-state index contributed by atoms with van der Waals surface area (Å²) in [4.78, 5) is 18.6. The van der Waals surface area contributed by atoms with Gasteiger partial charge >= 0.3 is 0 Å². The highest BCUT2D eigenvalue weighted by atomic mass is 35.5. The lowest BCUT2D eigenvalue weighted by Crippen LogP contribution is -2.22. The third kappa shape index (κ3) is 3.77. The summed E-state index contributed by atoms with van der Waals surface area (Å²) in [5.74, 6) is 0.621. The van der Waals surface area contributed by atoms with Gasteiger partial charge in [-0.3, -0.25) is 4.79 Å². The second-order valence-corrected chi connectivity index (χ2v) is 9.49. The van der Waals surface area contributed by atoms with Crippen molar-refractivity contribution in [2.24, 2.45) is 0 Å². The first-order valence-electron chi connectivity index (χ1n) is 10.0. The second kappa shape index (κ2) is 8.24. The van der Waals surface area contributed by atoms with E-state index in [4.69, 9.17) is 27.9 Å². The van der Waals surface area contributed by atoms with E-state index < -0.39 is 0 Å². The van der Waals surface area contributed by atoms with Crippen molar-refractivity contribution in [2.45, 2.75) is 20.5 Å². The summed E-state index contributed by atoms with van der Waals surface area (Å²) in [5, 5.41) is 1.21. The number of rotatable bonds is 4. The number of imidazole rings is 1. The molecule has 0 saturated heterocycles. The lowest BCUT2D eigenvalue weighted by atomic mass is 10.1. The molecule has 0 spiro atoms. The molecular weight excluding hydrogens is 463 g/mol. The van der Waals surface area contributed by atoms with E-state index in [-0.39, 0.29) is 5.56 Å². The minimum atomic E-state index is -0.104. The molecule has 2 aromatic heterocycles. The molecule has 0 fully saturated rings. The van der Waals surface area contributed by atoms with Gasteiger partial charge in [0.15, 0.2) is 4.96 Å². The van der Waals surface area contributed by atoms with E-state index in [9.17, 15) is 4.79 Å². The minimum absolute atomic E-state index is 0.104. The summed E-state index contributed by atoms with van der Waals surface area (Å²) in [6.07, 6.45) is 1.81. The van der Waals surface area contributed by atoms with Crippen LogP contribution in [0.5, 0.6) is 5.75 Å². The Morgan fingerprint density at radius 2 is 1.84 bits per heavy atom. The smallest absolute Gasteiger partial charge is 0.274 e. The number of thiazole rings is 1. The predicted octanol–water partition coefficient (Wildman–Crippen LogP) is 5.96. The van der Waals surface area contributed by atoms with Crippen LogP contribution in [-0.4, -0.2) is 9.38 Å². The van der Waals surface area contributed by atoms with Crippen LogP contribution in [0.1, 0.15) is 22.3 Å². The van der Waals surface area contributed by atoms with Gasteiger partial charge in [0.25, 0.3) is 5.56 Å². The van der Waals surface area contributed by atoms with Crippen LogP contribution in [0.4, 0.5) is 0 Å². The Morgan fingerprint density at radius 1 is 1.06 bits per heavy atom. The Hall–Kier alpha value is -2.86. The first kappa shape index (κ1) is 21.0. The molecule has 0 aliphatic heterocycles. The highest BCUT2D eigenvalue weighted by molar-refractivity contribution is 7.15. The van der Waals surface area contributed by atoms with Gasteiger partial charge < -0.3 is 4.74 Å². The van der Waals surface area contributed by atoms with Crippen LogP contribution in [0.15, 0.2) is 59.4 Å². The average Bonchev–Trinajstić information content (AvgIpc) is 3.25. The van der Waals surface area contributed by atoms with E-state index in [0.717, 1.165) is 33.3 Å². The van der Waals surface area contributed by atoms with Gasteiger partial charge in [0.1, 0.15) is 12.4 Å². The summed E-state index contributed by atoms with van der Waals surface area (Å²) in [5.41, 5.74) is 5.43. The van der Waals surface area contributed by atoms with Crippen LogP contribution in [0.2, 0.25) is 10.0 Å². The highest BCUT2D eigenvalue weighted by Gasteiger charge is 2.13. The van der Waals surface area contributed by atoms with Crippen LogP contribution < -0.4 is 14.8 Å². The summed E-state index contributed by atoms with van der Waals surface area (Å²) in [6, 6.07) is 16.9. The molecule has 0 N–H and O–H groups in total. The number of ether oxygens (including phenoxy) is 1. The zero-order chi connectivity index (χ0) is 22.4. The van der Waals surface area contributed by atoms with Crippen LogP contribution in [0.25, 0.3) is 22.1 Å². The molecule has 2 heterocycles. The molecule has 0 aliphatic carbocycles. The lowest BCUT2D eigenvalue weighted by molar-refractivity contribution is 0.305. The maximum absolute atomic E-state index is 13.2. The molecule has 0 unspecified atom stereocenters. The third-order valence-electron chi connectivity index (χ3n) is 5.45. The van der Waals surface area contributed by atoms with E-state index in [0.29, 0.717) is 31.9 Å². The van der Waals surface area contributed by atoms with Crippen molar-refractivity contribution < 1.29 is 4.74 Å². The second-order valence-electron chi connectivity index (χ2n) is 7.63. The van der Waals surface area contributed by atoms with Gasteiger partial charge in [-0.2, -0.15) is 0 Å². The molecule has 160 valence electrons. The largest absolute Gasteiger partial charge is 0.488 e. The molecule has 5 rings (SSSR count). The fourth-order valence-corrected chi connectivity index (χ4v) is 4.94. The molecule has 0 saturated carbocycles. The third-order valence-corrected chi connectivity index (χ3v) is 7.03. The van der Waals surface area contributed by atoms with Gasteiger partial charge in [0.2, 0.25) is 0 Å². The van der Waals surface area contributed by atoms with Crippen molar-refractivity contribution in [1.29, 1.82) is 0 Å². The highest BCUT2D eigenvalue weighted by Crippen LogP contribution is 2.26. The predicted molar refractivity (Wildman–Crippen MR) is 132 cm³/mol. The van der Waals surface area contributed by atoms with Gasteiger partial charge in [0.05, 0.1) is 15.6 Å². The van der Waals surface area contributed by atoms with E-state index in [1.54, 1.807) is 22.6 Å². The molecule has 5 aromatic rings. The Balaban J connectivity index is 1.59. The maximum Gasteiger partial charge on any atom is 0.274 e. The average molecular weight is 481 g/mol. The van der Waals surface area contributed by atoms with Crippen LogP contribution in [0.3, 0.4) is 0 Å². The van der Waals surface area contributed by atoms with Crippen molar-refractivity contribution in [1.82, 2.24) is 9.38 Å². The summed E-state index contributed by atoms with van der Waals surface area (Å²) in [6.45, 7) is 4.39. The first-order valence-corrected chi connectivity index (χ1v) is 11.6. The number of hydrogen-bond donors (Lipinski definition) is 0. The van der Waals surface area contributed by atoms with Crippen LogP contribution in [-0.2, 0) is 6.61 Å². The van der Waals surface area contributed by atoms with Crippen molar-refractivity contribution in [2.75, 3.05) is 0 Å². The number of halogens is 2. The molecule has 0 aliphatic rings. The SMILES string of the molecule is Cc1cc2nc3s/c(=C\c4cc(Cl)ccc4OCc4ccccc4Cl)c(=O)n3c2cc1C. The van der Waals surface area contributed by atoms with E-state index in [1.807, 2.05) is 56.3 Å². The lowest BCUT2D eigenvalue weighted by Gasteiger charge is -2.10. The van der Waals surface area contributed by atoms with E-state index in [2.05, 4.69) is 4.98 Å². The monoisotopic (exact) mass is 480 g/mol. The minimum Gasteiger partial charge on any atom is -0.488 e. The van der Waals surface area contributed by atoms with Gasteiger partial charge in [-0.05, 0) is 67.4 Å². The normalized spacial score (nSPS) is 12.2. The van der Waals surface area contributed by atoms with E-state index >= 15 is 0 Å². The number of nitrogens with zero attached hydrogens (tertiary/aromatic N) is 2. The topological polar surface area (TPSA) is 43.6 Å². The number of aryl methyl sites for hydroxylation is 2. The molecule has 0 atom stereocenters. The fourth-order valence-electron chi connectivity index (χ4n) is 3.59. The van der Waals surface area contributed by atoms with Crippen LogP contribution >= 0.6 is 34.5 Å². The molecule has 3 aromatic carbocycles. The van der Waals surface area contributed by atoms with Crippen molar-refractivity contribution in [3.8, 4) is 5.75 Å². The number of benzene rings is 3. The van der Waals surface area contributed by atoms with Gasteiger partial charge in [0, 0.05) is 21.2 Å². The number of aromatic nitrogens is 2. The quantitative estimate of drug-likeness (QED) is 0.318. The number of hydrogen-bond acceptors (Lipinski definition) is 4. The Kier molecular flexibility index (Phi) is 5.41.